The Labute approximate surface area is 286 Å². The first-order valence-corrected chi connectivity index (χ1v) is 17.5. The van der Waals surface area contributed by atoms with E-state index < -0.39 is 0 Å². The van der Waals surface area contributed by atoms with Crippen molar-refractivity contribution in [3.63, 3.8) is 0 Å². The van der Waals surface area contributed by atoms with Gasteiger partial charge in [-0.1, -0.05) is 117 Å². The van der Waals surface area contributed by atoms with Crippen molar-refractivity contribution in [2.24, 2.45) is 33.9 Å². The van der Waals surface area contributed by atoms with Crippen molar-refractivity contribution >= 4 is 25.1 Å². The first kappa shape index (κ1) is 47.2. The van der Waals surface area contributed by atoms with E-state index in [1.807, 2.05) is 60.6 Å². The van der Waals surface area contributed by atoms with Crippen LogP contribution in [0.5, 0.6) is 0 Å². The fourth-order valence-electron chi connectivity index (χ4n) is 5.07. The predicted octanol–water partition coefficient (Wildman–Crippen LogP) is 11.1. The van der Waals surface area contributed by atoms with Gasteiger partial charge in [-0.05, 0) is 118 Å². The van der Waals surface area contributed by atoms with Crippen molar-refractivity contribution in [1.29, 1.82) is 5.41 Å². The highest BCUT2D eigenvalue weighted by Gasteiger charge is 2.27. The molecule has 258 valence electrons. The summed E-state index contributed by atoms with van der Waals surface area (Å²) < 4.78 is 0. The van der Waals surface area contributed by atoms with Crippen LogP contribution in [-0.2, 0) is 0 Å². The number of aliphatic imine (C=N–C) groups is 1. The van der Waals surface area contributed by atoms with Gasteiger partial charge in [0.2, 0.25) is 0 Å². The lowest BCUT2D eigenvalue weighted by atomic mass is 9.75. The summed E-state index contributed by atoms with van der Waals surface area (Å²) in [7, 11) is 1.50. The van der Waals surface area contributed by atoms with Crippen LogP contribution in [0.1, 0.15) is 108 Å². The molecule has 0 heterocycles. The lowest BCUT2D eigenvalue weighted by molar-refractivity contribution is 0.360. The molecule has 0 aromatic rings. The van der Waals surface area contributed by atoms with E-state index in [-0.39, 0.29) is 11.5 Å². The van der Waals surface area contributed by atoms with E-state index in [4.69, 9.17) is 5.41 Å². The predicted molar refractivity (Wildman–Crippen MR) is 212 cm³/mol. The molecule has 45 heavy (non-hydrogen) atoms. The molecule has 4 nitrogen and oxygen atoms in total. The molecule has 0 fully saturated rings. The molecule has 0 bridgehead atoms. The Balaban J connectivity index is -0.00000276. The number of rotatable bonds is 18. The van der Waals surface area contributed by atoms with Crippen molar-refractivity contribution in [1.82, 2.24) is 5.32 Å². The maximum atomic E-state index is 8.99. The van der Waals surface area contributed by atoms with Crippen molar-refractivity contribution in [2.75, 3.05) is 20.1 Å². The van der Waals surface area contributed by atoms with Crippen LogP contribution in [0.25, 0.3) is 0 Å². The second kappa shape index (κ2) is 28.0. The van der Waals surface area contributed by atoms with Gasteiger partial charge >= 0.3 is 0 Å². The summed E-state index contributed by atoms with van der Waals surface area (Å²) in [5.74, 6) is 1.28. The molecular weight excluding hydrogens is 569 g/mol. The summed E-state index contributed by atoms with van der Waals surface area (Å²) in [5.41, 5.74) is 9.91. The molecule has 5 heteroatoms. The fourth-order valence-corrected chi connectivity index (χ4v) is 5.17. The lowest BCUT2D eigenvalue weighted by Crippen LogP contribution is -2.33. The summed E-state index contributed by atoms with van der Waals surface area (Å²) in [6.07, 6.45) is 19.7. The monoisotopic (exact) mass is 641 g/mol. The van der Waals surface area contributed by atoms with Gasteiger partial charge in [-0.25, -0.2) is 0 Å². The Morgan fingerprint density at radius 1 is 1.18 bits per heavy atom. The zero-order chi connectivity index (χ0) is 35.6. The molecule has 0 saturated carbocycles. The number of allylic oxidation sites excluding steroid dienone is 9. The van der Waals surface area contributed by atoms with E-state index in [1.54, 1.807) is 0 Å². The van der Waals surface area contributed by atoms with E-state index in [9.17, 15) is 0 Å². The molecule has 0 radical (unpaired) electrons. The number of nitrogens with two attached hydrogens (primary N) is 1. The van der Waals surface area contributed by atoms with E-state index in [1.165, 1.54) is 12.6 Å². The molecule has 4 atom stereocenters. The van der Waals surface area contributed by atoms with Crippen molar-refractivity contribution in [2.45, 2.75) is 114 Å². The van der Waals surface area contributed by atoms with E-state index in [0.29, 0.717) is 24.2 Å². The normalized spacial score (nSPS) is 17.1. The van der Waals surface area contributed by atoms with Crippen LogP contribution in [-0.4, -0.2) is 38.6 Å². The number of hydrogen-bond donors (Lipinski definition) is 4. The molecule has 4 N–H and O–H groups in total. The van der Waals surface area contributed by atoms with Gasteiger partial charge in [0.15, 0.2) is 0 Å². The maximum absolute atomic E-state index is 8.99. The largest absolute Gasteiger partial charge is 0.333 e. The molecule has 1 aliphatic carbocycles. The average molecular weight is 641 g/mol. The first-order valence-electron chi connectivity index (χ1n) is 17.1. The quantitative estimate of drug-likeness (QED) is 0.0683. The van der Waals surface area contributed by atoms with Gasteiger partial charge in [0.1, 0.15) is 0 Å². The van der Waals surface area contributed by atoms with Crippen LogP contribution in [0.2, 0.25) is 0 Å². The zero-order valence-electron chi connectivity index (χ0n) is 31.4. The minimum atomic E-state index is -0.166. The van der Waals surface area contributed by atoms with Crippen LogP contribution < -0.4 is 11.1 Å². The first-order chi connectivity index (χ1) is 21.4. The third kappa shape index (κ3) is 19.1. The summed E-state index contributed by atoms with van der Waals surface area (Å²) >= 11 is 4.43. The third-order valence-corrected chi connectivity index (χ3v) is 8.53. The molecule has 1 rings (SSSR count). The smallest absolute Gasteiger partial charge is 0.0798 e. The minimum absolute atomic E-state index is 0.166. The summed E-state index contributed by atoms with van der Waals surface area (Å²) in [4.78, 5) is 5.40. The van der Waals surface area contributed by atoms with Crippen LogP contribution >= 0.6 is 12.6 Å². The second-order valence-corrected chi connectivity index (χ2v) is 12.3. The summed E-state index contributed by atoms with van der Waals surface area (Å²) in [6, 6.07) is -0.166. The Hall–Kier alpha value is -2.21. The molecular formula is C40H72N4S. The third-order valence-electron chi connectivity index (χ3n) is 8.12. The van der Waals surface area contributed by atoms with E-state index >= 15 is 0 Å². The highest BCUT2D eigenvalue weighted by atomic mass is 32.1. The van der Waals surface area contributed by atoms with E-state index in [0.717, 1.165) is 66.1 Å². The summed E-state index contributed by atoms with van der Waals surface area (Å²) in [5, 5.41) is 12.7. The lowest BCUT2D eigenvalue weighted by Gasteiger charge is -2.32. The molecule has 0 saturated heterocycles. The molecule has 0 amide bonds. The number of hydrogen-bond acceptors (Lipinski definition) is 5. The van der Waals surface area contributed by atoms with Gasteiger partial charge in [0.25, 0.3) is 0 Å². The van der Waals surface area contributed by atoms with Crippen LogP contribution in [0.3, 0.4) is 0 Å². The Morgan fingerprint density at radius 2 is 1.78 bits per heavy atom. The van der Waals surface area contributed by atoms with Gasteiger partial charge in [0, 0.05) is 12.1 Å². The molecule has 0 spiro atoms. The van der Waals surface area contributed by atoms with Crippen molar-refractivity contribution in [3.8, 4) is 0 Å². The van der Waals surface area contributed by atoms with Crippen LogP contribution in [0.4, 0.5) is 0 Å². The van der Waals surface area contributed by atoms with Gasteiger partial charge in [0.05, 0.1) is 6.04 Å². The Kier molecular flexibility index (Phi) is 29.4. The molecule has 4 unspecified atom stereocenters. The molecule has 0 aromatic heterocycles. The molecule has 1 aliphatic rings. The maximum Gasteiger partial charge on any atom is 0.0798 e. The zero-order valence-corrected chi connectivity index (χ0v) is 32.3. The van der Waals surface area contributed by atoms with Crippen LogP contribution in [0.15, 0.2) is 87.9 Å². The highest BCUT2D eigenvalue weighted by Crippen LogP contribution is 2.36. The number of nitrogens with one attached hydrogen (secondary N) is 2. The Bertz CT molecular complexity index is 1010. The van der Waals surface area contributed by atoms with Gasteiger partial charge < -0.3 is 16.5 Å². The summed E-state index contributed by atoms with van der Waals surface area (Å²) in [6.45, 7) is 37.0. The van der Waals surface area contributed by atoms with E-state index in [2.05, 4.69) is 107 Å². The second-order valence-electron chi connectivity index (χ2n) is 11.8. The topological polar surface area (TPSA) is 74.3 Å². The standard InChI is InChI=1S/C35H55N3S.2C2H6.CH5N/c1-11-27(7)34(25(4)5)33(37-10)22-31(36)21-29(24-38-23-26(6)15-14-16-32(39)12-2)28-17-19-30(20-18-28)35(8,9)13-3;3*1-2/h11-12,14,16-17,19-20,26,28-29,33,36,38-39H,1,4,10,13,15,18,21-24H2,2-3,5-9H3;2*1-2H3;2H2,1H3/b16-14-,32-12+,34-27+,36-31?;;;. The minimum Gasteiger partial charge on any atom is -0.333 e. The average Bonchev–Trinajstić information content (AvgIpc) is 3.06. The highest BCUT2D eigenvalue weighted by molar-refractivity contribution is 7.84. The SMILES string of the molecule is C=C/C(C)=C(\C(=C)C)C(CC(=N)CC(CNCC(C)C/C=C\C(S)=C/C)C1C=CC(C(C)(C)CC)=CC1)N=C.CC.CC.CN. The van der Waals surface area contributed by atoms with Gasteiger partial charge in [-0.2, -0.15) is 0 Å². The van der Waals surface area contributed by atoms with Gasteiger partial charge in [-0.3, -0.25) is 4.99 Å². The number of nitrogens with zero attached hydrogens (tertiary/aromatic N) is 1. The molecule has 0 aromatic carbocycles. The van der Waals surface area contributed by atoms with Crippen molar-refractivity contribution in [3.05, 3.63) is 82.9 Å². The van der Waals surface area contributed by atoms with Gasteiger partial charge in [-0.15, -0.1) is 12.6 Å². The van der Waals surface area contributed by atoms with Crippen LogP contribution in [0, 0.1) is 28.6 Å². The Morgan fingerprint density at radius 3 is 2.22 bits per heavy atom. The molecule has 0 aliphatic heterocycles. The fraction of sp³-hybridized carbons (Fsp3) is 0.600. The van der Waals surface area contributed by atoms with Crippen molar-refractivity contribution < 1.29 is 0 Å². The number of thiol groups is 1.